The fourth-order valence-corrected chi connectivity index (χ4v) is 1.63. The van der Waals surface area contributed by atoms with E-state index in [1.807, 2.05) is 0 Å². The van der Waals surface area contributed by atoms with Crippen LogP contribution in [0.4, 0.5) is 0 Å². The fraction of sp³-hybridized carbons (Fsp3) is 0.600. The third-order valence-electron chi connectivity index (χ3n) is 2.81. The molecule has 0 aromatic carbocycles. The van der Waals surface area contributed by atoms with Gasteiger partial charge in [-0.3, -0.25) is 9.48 Å². The number of hydrogen-bond donors (Lipinski definition) is 2. The first-order valence-corrected chi connectivity index (χ1v) is 5.09. The van der Waals surface area contributed by atoms with Crippen LogP contribution in [0.1, 0.15) is 29.8 Å². The quantitative estimate of drug-likeness (QED) is 0.740. The molecule has 0 bridgehead atoms. The van der Waals surface area contributed by atoms with Crippen LogP contribution in [-0.4, -0.2) is 32.9 Å². The number of nitrogens with zero attached hydrogens (tertiary/aromatic N) is 2. The molecular weight excluding hydrogens is 194 g/mol. The SMILES string of the molecule is Cn1ccc(C(=O)NCC2(O)CCC2)n1. The molecule has 1 saturated carbocycles. The molecule has 5 heteroatoms. The molecule has 1 heterocycles. The van der Waals surface area contributed by atoms with Crippen LogP contribution in [0.25, 0.3) is 0 Å². The summed E-state index contributed by atoms with van der Waals surface area (Å²) in [4.78, 5) is 11.5. The highest BCUT2D eigenvalue weighted by Crippen LogP contribution is 2.30. The maximum atomic E-state index is 11.5. The van der Waals surface area contributed by atoms with Crippen molar-refractivity contribution in [3.8, 4) is 0 Å². The molecule has 0 aliphatic heterocycles. The van der Waals surface area contributed by atoms with Crippen LogP contribution in [0.5, 0.6) is 0 Å². The lowest BCUT2D eigenvalue weighted by atomic mass is 9.80. The van der Waals surface area contributed by atoms with Gasteiger partial charge in [-0.2, -0.15) is 5.10 Å². The van der Waals surface area contributed by atoms with Crippen molar-refractivity contribution in [1.29, 1.82) is 0 Å². The number of aromatic nitrogens is 2. The number of nitrogens with one attached hydrogen (secondary N) is 1. The van der Waals surface area contributed by atoms with Gasteiger partial charge in [0.15, 0.2) is 0 Å². The van der Waals surface area contributed by atoms with Crippen molar-refractivity contribution >= 4 is 5.91 Å². The highest BCUT2D eigenvalue weighted by atomic mass is 16.3. The normalized spacial score (nSPS) is 18.3. The molecule has 1 aromatic heterocycles. The lowest BCUT2D eigenvalue weighted by Gasteiger charge is -2.36. The fourth-order valence-electron chi connectivity index (χ4n) is 1.63. The van der Waals surface area contributed by atoms with Gasteiger partial charge in [-0.15, -0.1) is 0 Å². The Morgan fingerprint density at radius 2 is 2.47 bits per heavy atom. The van der Waals surface area contributed by atoms with E-state index in [0.717, 1.165) is 19.3 Å². The second-order valence-corrected chi connectivity index (χ2v) is 4.14. The lowest BCUT2D eigenvalue weighted by molar-refractivity contribution is -0.0300. The lowest BCUT2D eigenvalue weighted by Crippen LogP contribution is -2.47. The summed E-state index contributed by atoms with van der Waals surface area (Å²) in [5.74, 6) is -0.226. The molecule has 0 unspecified atom stereocenters. The molecule has 1 aromatic rings. The van der Waals surface area contributed by atoms with Gasteiger partial charge in [0.1, 0.15) is 5.69 Å². The molecule has 1 aliphatic carbocycles. The number of carbonyl (C=O) groups is 1. The van der Waals surface area contributed by atoms with Crippen LogP contribution >= 0.6 is 0 Å². The maximum Gasteiger partial charge on any atom is 0.271 e. The standard InChI is InChI=1S/C10H15N3O2/c1-13-6-3-8(12-13)9(14)11-7-10(15)4-2-5-10/h3,6,15H,2,4-5,7H2,1H3,(H,11,14). The van der Waals surface area contributed by atoms with E-state index in [-0.39, 0.29) is 5.91 Å². The predicted octanol–water partition coefficient (Wildman–Crippen LogP) is 0.0649. The Kier molecular flexibility index (Phi) is 2.48. The summed E-state index contributed by atoms with van der Waals surface area (Å²) in [6.45, 7) is 0.322. The smallest absolute Gasteiger partial charge is 0.271 e. The molecule has 2 N–H and O–H groups in total. The average molecular weight is 209 g/mol. The first kappa shape index (κ1) is 10.2. The monoisotopic (exact) mass is 209 g/mol. The number of amides is 1. The zero-order valence-electron chi connectivity index (χ0n) is 8.73. The molecule has 1 fully saturated rings. The second kappa shape index (κ2) is 3.66. The summed E-state index contributed by atoms with van der Waals surface area (Å²) in [5, 5.41) is 16.4. The predicted molar refractivity (Wildman–Crippen MR) is 54.3 cm³/mol. The van der Waals surface area contributed by atoms with Crippen LogP contribution in [0, 0.1) is 0 Å². The van der Waals surface area contributed by atoms with E-state index in [0.29, 0.717) is 12.2 Å². The average Bonchev–Trinajstić information content (AvgIpc) is 2.58. The van der Waals surface area contributed by atoms with E-state index in [9.17, 15) is 9.90 Å². The van der Waals surface area contributed by atoms with Crippen LogP contribution < -0.4 is 5.32 Å². The van der Waals surface area contributed by atoms with Gasteiger partial charge >= 0.3 is 0 Å². The summed E-state index contributed by atoms with van der Waals surface area (Å²) in [7, 11) is 1.76. The molecule has 0 spiro atoms. The number of carbonyl (C=O) groups excluding carboxylic acids is 1. The van der Waals surface area contributed by atoms with E-state index < -0.39 is 5.60 Å². The summed E-state index contributed by atoms with van der Waals surface area (Å²) < 4.78 is 1.58. The zero-order valence-corrected chi connectivity index (χ0v) is 8.73. The van der Waals surface area contributed by atoms with Crippen molar-refractivity contribution in [1.82, 2.24) is 15.1 Å². The molecule has 15 heavy (non-hydrogen) atoms. The zero-order chi connectivity index (χ0) is 10.9. The number of aryl methyl sites for hydroxylation is 1. The van der Waals surface area contributed by atoms with Crippen LogP contribution in [-0.2, 0) is 7.05 Å². The van der Waals surface area contributed by atoms with Gasteiger partial charge in [0.25, 0.3) is 5.91 Å². The second-order valence-electron chi connectivity index (χ2n) is 4.14. The van der Waals surface area contributed by atoms with Gasteiger partial charge in [-0.05, 0) is 25.3 Å². The summed E-state index contributed by atoms with van der Waals surface area (Å²) in [6.07, 6.45) is 4.30. The molecule has 0 atom stereocenters. The number of hydrogen-bond acceptors (Lipinski definition) is 3. The Hall–Kier alpha value is -1.36. The first-order valence-electron chi connectivity index (χ1n) is 5.09. The van der Waals surface area contributed by atoms with Gasteiger partial charge in [0.05, 0.1) is 5.60 Å². The van der Waals surface area contributed by atoms with Crippen molar-refractivity contribution in [2.45, 2.75) is 24.9 Å². The Morgan fingerprint density at radius 3 is 2.93 bits per heavy atom. The maximum absolute atomic E-state index is 11.5. The van der Waals surface area contributed by atoms with Crippen molar-refractivity contribution in [3.63, 3.8) is 0 Å². The Morgan fingerprint density at radius 1 is 1.73 bits per heavy atom. The Labute approximate surface area is 88.1 Å². The Balaban J connectivity index is 1.87. The van der Waals surface area contributed by atoms with Gasteiger partial charge < -0.3 is 10.4 Å². The topological polar surface area (TPSA) is 67.2 Å². The minimum atomic E-state index is -0.676. The highest BCUT2D eigenvalue weighted by molar-refractivity contribution is 5.92. The summed E-state index contributed by atoms with van der Waals surface area (Å²) in [5.41, 5.74) is -0.287. The van der Waals surface area contributed by atoms with Gasteiger partial charge in [0.2, 0.25) is 0 Å². The van der Waals surface area contributed by atoms with Crippen molar-refractivity contribution in [2.24, 2.45) is 7.05 Å². The molecular formula is C10H15N3O2. The molecule has 2 rings (SSSR count). The molecule has 0 saturated heterocycles. The number of rotatable bonds is 3. The minimum Gasteiger partial charge on any atom is -0.388 e. The number of aliphatic hydroxyl groups is 1. The van der Waals surface area contributed by atoms with E-state index in [1.165, 1.54) is 0 Å². The highest BCUT2D eigenvalue weighted by Gasteiger charge is 2.34. The third kappa shape index (κ3) is 2.18. The first-order chi connectivity index (χ1) is 7.09. The largest absolute Gasteiger partial charge is 0.388 e. The van der Waals surface area contributed by atoms with Crippen LogP contribution in [0.3, 0.4) is 0 Å². The van der Waals surface area contributed by atoms with E-state index in [4.69, 9.17) is 0 Å². The van der Waals surface area contributed by atoms with Crippen LogP contribution in [0.2, 0.25) is 0 Å². The molecule has 0 radical (unpaired) electrons. The van der Waals surface area contributed by atoms with Gasteiger partial charge in [0, 0.05) is 19.8 Å². The van der Waals surface area contributed by atoms with E-state index in [1.54, 1.807) is 24.0 Å². The van der Waals surface area contributed by atoms with Crippen molar-refractivity contribution < 1.29 is 9.90 Å². The Bertz CT molecular complexity index is 368. The third-order valence-corrected chi connectivity index (χ3v) is 2.81. The minimum absolute atomic E-state index is 0.226. The van der Waals surface area contributed by atoms with Gasteiger partial charge in [-0.1, -0.05) is 0 Å². The molecule has 82 valence electrons. The van der Waals surface area contributed by atoms with Crippen molar-refractivity contribution in [2.75, 3.05) is 6.54 Å². The van der Waals surface area contributed by atoms with Crippen LogP contribution in [0.15, 0.2) is 12.3 Å². The van der Waals surface area contributed by atoms with E-state index >= 15 is 0 Å². The molecule has 5 nitrogen and oxygen atoms in total. The summed E-state index contributed by atoms with van der Waals surface area (Å²) >= 11 is 0. The van der Waals surface area contributed by atoms with E-state index in [2.05, 4.69) is 10.4 Å². The summed E-state index contributed by atoms with van der Waals surface area (Å²) in [6, 6.07) is 1.65. The van der Waals surface area contributed by atoms with Crippen molar-refractivity contribution in [3.05, 3.63) is 18.0 Å². The van der Waals surface area contributed by atoms with Gasteiger partial charge in [-0.25, -0.2) is 0 Å². The molecule has 1 aliphatic rings. The molecule has 1 amide bonds.